The molecular weight excluding hydrogens is 262 g/mol. The lowest BCUT2D eigenvalue weighted by Crippen LogP contribution is -2.31. The van der Waals surface area contributed by atoms with Gasteiger partial charge in [0.15, 0.2) is 0 Å². The zero-order chi connectivity index (χ0) is 14.8. The van der Waals surface area contributed by atoms with Gasteiger partial charge in [0.1, 0.15) is 5.75 Å². The van der Waals surface area contributed by atoms with Crippen LogP contribution in [0.15, 0.2) is 24.3 Å². The van der Waals surface area contributed by atoms with Crippen LogP contribution in [0.25, 0.3) is 0 Å². The van der Waals surface area contributed by atoms with Crippen LogP contribution >= 0.6 is 0 Å². The summed E-state index contributed by atoms with van der Waals surface area (Å²) in [7, 11) is 0. The van der Waals surface area contributed by atoms with Crippen molar-refractivity contribution in [3.63, 3.8) is 0 Å². The van der Waals surface area contributed by atoms with Crippen LogP contribution in [0.3, 0.4) is 0 Å². The van der Waals surface area contributed by atoms with E-state index in [9.17, 15) is 0 Å². The molecule has 0 aliphatic carbocycles. The van der Waals surface area contributed by atoms with Crippen LogP contribution in [0, 0.1) is 0 Å². The van der Waals surface area contributed by atoms with Crippen LogP contribution in [-0.2, 0) is 11.3 Å². The first-order chi connectivity index (χ1) is 10.4. The van der Waals surface area contributed by atoms with Crippen molar-refractivity contribution in [2.24, 2.45) is 0 Å². The smallest absolute Gasteiger partial charge is 0.119 e. The molecule has 1 aromatic carbocycles. The van der Waals surface area contributed by atoms with Crippen molar-refractivity contribution in [1.29, 1.82) is 0 Å². The highest BCUT2D eigenvalue weighted by atomic mass is 16.5. The fourth-order valence-electron chi connectivity index (χ4n) is 2.59. The Bertz CT molecular complexity index is 371. The number of benzene rings is 1. The Morgan fingerprint density at radius 3 is 2.76 bits per heavy atom. The average molecular weight is 291 g/mol. The molecule has 1 saturated heterocycles. The van der Waals surface area contributed by atoms with Crippen molar-refractivity contribution < 1.29 is 9.47 Å². The molecule has 0 spiro atoms. The van der Waals surface area contributed by atoms with E-state index in [2.05, 4.69) is 36.5 Å². The lowest BCUT2D eigenvalue weighted by atomic mass is 10.1. The Morgan fingerprint density at radius 2 is 2.05 bits per heavy atom. The van der Waals surface area contributed by atoms with Gasteiger partial charge in [-0.3, -0.25) is 0 Å². The molecule has 3 nitrogen and oxygen atoms in total. The topological polar surface area (TPSA) is 30.5 Å². The first-order valence-electron chi connectivity index (χ1n) is 8.42. The molecule has 21 heavy (non-hydrogen) atoms. The molecule has 3 heteroatoms. The molecule has 1 atom stereocenters. The van der Waals surface area contributed by atoms with E-state index in [1.807, 2.05) is 0 Å². The molecule has 0 bridgehead atoms. The van der Waals surface area contributed by atoms with Crippen LogP contribution in [0.5, 0.6) is 5.75 Å². The number of hydrogen-bond donors (Lipinski definition) is 1. The number of ether oxygens (including phenoxy) is 2. The van der Waals surface area contributed by atoms with Gasteiger partial charge in [0.25, 0.3) is 0 Å². The van der Waals surface area contributed by atoms with Crippen molar-refractivity contribution in [3.8, 4) is 5.75 Å². The van der Waals surface area contributed by atoms with Crippen LogP contribution in [0.2, 0.25) is 0 Å². The minimum atomic E-state index is 0.403. The predicted molar refractivity (Wildman–Crippen MR) is 86.8 cm³/mol. The van der Waals surface area contributed by atoms with Gasteiger partial charge < -0.3 is 14.8 Å². The summed E-state index contributed by atoms with van der Waals surface area (Å²) < 4.78 is 11.4. The molecule has 1 aliphatic heterocycles. The van der Waals surface area contributed by atoms with Gasteiger partial charge in [-0.05, 0) is 43.4 Å². The maximum atomic E-state index is 5.72. The third-order valence-corrected chi connectivity index (χ3v) is 3.92. The molecule has 1 aromatic rings. The standard InChI is InChI=1S/C18H29NO2/c1-2-3-5-12-20-17-10-8-16(9-11-17)14-19-15-18-7-4-6-13-21-18/h8-11,18-19H,2-7,12-15H2,1H3/t18-/m0/s1. The van der Waals surface area contributed by atoms with E-state index in [-0.39, 0.29) is 0 Å². The monoisotopic (exact) mass is 291 g/mol. The van der Waals surface area contributed by atoms with E-state index in [4.69, 9.17) is 9.47 Å². The number of hydrogen-bond acceptors (Lipinski definition) is 3. The normalized spacial score (nSPS) is 18.6. The molecule has 1 aliphatic rings. The maximum absolute atomic E-state index is 5.72. The van der Waals surface area contributed by atoms with Crippen molar-refractivity contribution in [2.45, 2.75) is 58.1 Å². The first-order valence-corrected chi connectivity index (χ1v) is 8.42. The predicted octanol–water partition coefficient (Wildman–Crippen LogP) is 3.91. The fraction of sp³-hybridized carbons (Fsp3) is 0.667. The van der Waals surface area contributed by atoms with Gasteiger partial charge in [-0.15, -0.1) is 0 Å². The van der Waals surface area contributed by atoms with E-state index >= 15 is 0 Å². The van der Waals surface area contributed by atoms with Crippen molar-refractivity contribution in [1.82, 2.24) is 5.32 Å². The molecular formula is C18H29NO2. The Hall–Kier alpha value is -1.06. The van der Waals surface area contributed by atoms with Gasteiger partial charge in [0, 0.05) is 19.7 Å². The SMILES string of the molecule is CCCCCOc1ccc(CNC[C@@H]2CCCCO2)cc1. The second-order valence-electron chi connectivity index (χ2n) is 5.82. The highest BCUT2D eigenvalue weighted by Gasteiger charge is 2.12. The molecule has 1 N–H and O–H groups in total. The summed E-state index contributed by atoms with van der Waals surface area (Å²) in [4.78, 5) is 0. The molecule has 118 valence electrons. The molecule has 2 rings (SSSR count). The van der Waals surface area contributed by atoms with Crippen LogP contribution < -0.4 is 10.1 Å². The van der Waals surface area contributed by atoms with Crippen molar-refractivity contribution in [3.05, 3.63) is 29.8 Å². The van der Waals surface area contributed by atoms with Crippen LogP contribution in [0.4, 0.5) is 0 Å². The summed E-state index contributed by atoms with van der Waals surface area (Å²) in [6, 6.07) is 8.42. The summed E-state index contributed by atoms with van der Waals surface area (Å²) in [5.41, 5.74) is 1.30. The highest BCUT2D eigenvalue weighted by Crippen LogP contribution is 2.14. The van der Waals surface area contributed by atoms with Gasteiger partial charge in [-0.25, -0.2) is 0 Å². The summed E-state index contributed by atoms with van der Waals surface area (Å²) in [5.74, 6) is 0.977. The van der Waals surface area contributed by atoms with Gasteiger partial charge in [-0.2, -0.15) is 0 Å². The number of rotatable bonds is 9. The molecule has 0 radical (unpaired) electrons. The van der Waals surface area contributed by atoms with Gasteiger partial charge >= 0.3 is 0 Å². The summed E-state index contributed by atoms with van der Waals surface area (Å²) in [6.45, 7) is 5.81. The second-order valence-corrected chi connectivity index (χ2v) is 5.82. The van der Waals surface area contributed by atoms with Crippen LogP contribution in [-0.4, -0.2) is 25.9 Å². The van der Waals surface area contributed by atoms with Gasteiger partial charge in [0.2, 0.25) is 0 Å². The Kier molecular flexibility index (Phi) is 7.61. The fourth-order valence-corrected chi connectivity index (χ4v) is 2.59. The molecule has 0 aromatic heterocycles. The largest absolute Gasteiger partial charge is 0.494 e. The van der Waals surface area contributed by atoms with Crippen molar-refractivity contribution >= 4 is 0 Å². The molecule has 1 heterocycles. The van der Waals surface area contributed by atoms with Gasteiger partial charge in [-0.1, -0.05) is 31.9 Å². The van der Waals surface area contributed by atoms with Gasteiger partial charge in [0.05, 0.1) is 12.7 Å². The Labute approximate surface area is 129 Å². The van der Waals surface area contributed by atoms with E-state index < -0.39 is 0 Å². The van der Waals surface area contributed by atoms with E-state index in [1.165, 1.54) is 37.7 Å². The lowest BCUT2D eigenvalue weighted by molar-refractivity contribution is 0.0168. The Balaban J connectivity index is 1.62. The molecule has 1 fully saturated rings. The van der Waals surface area contributed by atoms with Crippen LogP contribution in [0.1, 0.15) is 51.0 Å². The quantitative estimate of drug-likeness (QED) is 0.700. The third-order valence-electron chi connectivity index (χ3n) is 3.92. The van der Waals surface area contributed by atoms with E-state index in [1.54, 1.807) is 0 Å². The molecule has 0 unspecified atom stereocenters. The molecule has 0 amide bonds. The summed E-state index contributed by atoms with van der Waals surface area (Å²) in [6.07, 6.45) is 7.73. The third kappa shape index (κ3) is 6.49. The minimum absolute atomic E-state index is 0.403. The number of unbranched alkanes of at least 4 members (excludes halogenated alkanes) is 2. The maximum Gasteiger partial charge on any atom is 0.119 e. The second kappa shape index (κ2) is 9.80. The Morgan fingerprint density at radius 1 is 1.19 bits per heavy atom. The van der Waals surface area contributed by atoms with E-state index in [0.717, 1.165) is 38.5 Å². The lowest BCUT2D eigenvalue weighted by Gasteiger charge is -2.22. The zero-order valence-corrected chi connectivity index (χ0v) is 13.3. The first kappa shape index (κ1) is 16.3. The molecule has 0 saturated carbocycles. The summed E-state index contributed by atoms with van der Waals surface area (Å²) >= 11 is 0. The zero-order valence-electron chi connectivity index (χ0n) is 13.3. The van der Waals surface area contributed by atoms with E-state index in [0.29, 0.717) is 6.10 Å². The van der Waals surface area contributed by atoms with Crippen molar-refractivity contribution in [2.75, 3.05) is 19.8 Å². The highest BCUT2D eigenvalue weighted by molar-refractivity contribution is 5.27. The average Bonchev–Trinajstić information content (AvgIpc) is 2.54. The summed E-state index contributed by atoms with van der Waals surface area (Å²) in [5, 5.41) is 3.48. The minimum Gasteiger partial charge on any atom is -0.494 e. The number of nitrogens with one attached hydrogen (secondary N) is 1.